The third-order valence-corrected chi connectivity index (χ3v) is 4.67. The quantitative estimate of drug-likeness (QED) is 0.740. The number of hydrogen-bond acceptors (Lipinski definition) is 4. The van der Waals surface area contributed by atoms with Gasteiger partial charge in [-0.15, -0.1) is 0 Å². The molecule has 150 valence electrons. The summed E-state index contributed by atoms with van der Waals surface area (Å²) in [5.41, 5.74) is 0.975. The van der Waals surface area contributed by atoms with Crippen LogP contribution in [0.4, 0.5) is 9.18 Å². The Hall–Kier alpha value is -2.70. The third-order valence-electron chi connectivity index (χ3n) is 4.67. The Morgan fingerprint density at radius 3 is 2.68 bits per heavy atom. The number of imidazole rings is 1. The molecule has 6 nitrogen and oxygen atoms in total. The summed E-state index contributed by atoms with van der Waals surface area (Å²) in [5.74, 6) is -0.784. The second-order valence-corrected chi connectivity index (χ2v) is 8.29. The SMILES string of the molecule is Cc1cn(-c2ccc(C(=O)C[C@@H]3CCN(C(=O)OC(C)(C)C)C3)c(F)c2)cn1. The van der Waals surface area contributed by atoms with E-state index in [9.17, 15) is 14.0 Å². The molecule has 1 aliphatic rings. The van der Waals surface area contributed by atoms with E-state index in [1.165, 1.54) is 12.1 Å². The number of ketones is 1. The summed E-state index contributed by atoms with van der Waals surface area (Å²) in [6.45, 7) is 8.31. The van der Waals surface area contributed by atoms with E-state index in [4.69, 9.17) is 4.74 Å². The van der Waals surface area contributed by atoms with Gasteiger partial charge in [0.1, 0.15) is 11.4 Å². The Morgan fingerprint density at radius 1 is 1.32 bits per heavy atom. The number of carbonyl (C=O) groups is 2. The van der Waals surface area contributed by atoms with Crippen LogP contribution in [0.25, 0.3) is 5.69 Å². The van der Waals surface area contributed by atoms with Gasteiger partial charge in [0, 0.05) is 31.4 Å². The molecule has 2 aromatic rings. The molecule has 1 aromatic carbocycles. The maximum Gasteiger partial charge on any atom is 0.410 e. The Labute approximate surface area is 164 Å². The topological polar surface area (TPSA) is 64.4 Å². The fourth-order valence-electron chi connectivity index (χ4n) is 3.32. The van der Waals surface area contributed by atoms with Crippen LogP contribution in [0.3, 0.4) is 0 Å². The fourth-order valence-corrected chi connectivity index (χ4v) is 3.32. The molecule has 1 fully saturated rings. The first-order valence-corrected chi connectivity index (χ1v) is 9.44. The van der Waals surface area contributed by atoms with E-state index in [1.54, 1.807) is 28.1 Å². The molecule has 0 aliphatic carbocycles. The van der Waals surface area contributed by atoms with Crippen molar-refractivity contribution in [3.8, 4) is 5.69 Å². The number of aromatic nitrogens is 2. The van der Waals surface area contributed by atoms with Crippen molar-refractivity contribution in [2.24, 2.45) is 5.92 Å². The summed E-state index contributed by atoms with van der Waals surface area (Å²) < 4.78 is 21.6. The van der Waals surface area contributed by atoms with Gasteiger partial charge in [-0.05, 0) is 58.2 Å². The van der Waals surface area contributed by atoms with E-state index in [-0.39, 0.29) is 29.8 Å². The first kappa shape index (κ1) is 20.0. The molecule has 1 amide bonds. The molecule has 2 heterocycles. The number of carbonyl (C=O) groups excluding carboxylic acids is 2. The molecule has 1 saturated heterocycles. The van der Waals surface area contributed by atoms with E-state index in [0.29, 0.717) is 25.2 Å². The van der Waals surface area contributed by atoms with Gasteiger partial charge < -0.3 is 14.2 Å². The van der Waals surface area contributed by atoms with Gasteiger partial charge >= 0.3 is 6.09 Å². The summed E-state index contributed by atoms with van der Waals surface area (Å²) in [7, 11) is 0. The molecular formula is C21H26FN3O3. The first-order chi connectivity index (χ1) is 13.1. The average molecular weight is 387 g/mol. The van der Waals surface area contributed by atoms with Crippen LogP contribution in [-0.4, -0.2) is 45.0 Å². The van der Waals surface area contributed by atoms with Crippen LogP contribution in [-0.2, 0) is 4.74 Å². The van der Waals surface area contributed by atoms with Crippen molar-refractivity contribution in [2.75, 3.05) is 13.1 Å². The second kappa shape index (κ2) is 7.73. The van der Waals surface area contributed by atoms with Crippen molar-refractivity contribution in [3.63, 3.8) is 0 Å². The lowest BCUT2D eigenvalue weighted by atomic mass is 9.97. The number of halogens is 1. The zero-order valence-electron chi connectivity index (χ0n) is 16.7. The van der Waals surface area contributed by atoms with E-state index < -0.39 is 11.4 Å². The maximum atomic E-state index is 14.5. The fraction of sp³-hybridized carbons (Fsp3) is 0.476. The van der Waals surface area contributed by atoms with Crippen LogP contribution in [0, 0.1) is 18.7 Å². The number of benzene rings is 1. The molecule has 0 spiro atoms. The van der Waals surface area contributed by atoms with Gasteiger partial charge in [-0.3, -0.25) is 4.79 Å². The molecular weight excluding hydrogens is 361 g/mol. The Bertz CT molecular complexity index is 885. The number of likely N-dealkylation sites (tertiary alicyclic amines) is 1. The highest BCUT2D eigenvalue weighted by atomic mass is 19.1. The molecule has 7 heteroatoms. The maximum absolute atomic E-state index is 14.5. The van der Waals surface area contributed by atoms with Crippen molar-refractivity contribution >= 4 is 11.9 Å². The molecule has 0 bridgehead atoms. The lowest BCUT2D eigenvalue weighted by Crippen LogP contribution is -2.35. The molecule has 0 radical (unpaired) electrons. The molecule has 1 atom stereocenters. The molecule has 0 N–H and O–H groups in total. The molecule has 28 heavy (non-hydrogen) atoms. The monoisotopic (exact) mass is 387 g/mol. The Morgan fingerprint density at radius 2 is 2.07 bits per heavy atom. The summed E-state index contributed by atoms with van der Waals surface area (Å²) in [6.07, 6.45) is 3.95. The number of aryl methyl sites for hydroxylation is 1. The highest BCUT2D eigenvalue weighted by Gasteiger charge is 2.31. The molecule has 3 rings (SSSR count). The van der Waals surface area contributed by atoms with Crippen LogP contribution >= 0.6 is 0 Å². The minimum Gasteiger partial charge on any atom is -0.444 e. The molecule has 1 aliphatic heterocycles. The van der Waals surface area contributed by atoms with Gasteiger partial charge in [-0.2, -0.15) is 0 Å². The smallest absolute Gasteiger partial charge is 0.410 e. The second-order valence-electron chi connectivity index (χ2n) is 8.29. The lowest BCUT2D eigenvalue weighted by Gasteiger charge is -2.24. The number of hydrogen-bond donors (Lipinski definition) is 0. The van der Waals surface area contributed by atoms with Gasteiger partial charge in [0.05, 0.1) is 17.6 Å². The highest BCUT2D eigenvalue weighted by Crippen LogP contribution is 2.25. The van der Waals surface area contributed by atoms with Crippen molar-refractivity contribution in [2.45, 2.75) is 46.1 Å². The van der Waals surface area contributed by atoms with Gasteiger partial charge in [-0.1, -0.05) is 0 Å². The van der Waals surface area contributed by atoms with Crippen LogP contribution in [0.2, 0.25) is 0 Å². The highest BCUT2D eigenvalue weighted by molar-refractivity contribution is 5.96. The standard InChI is InChI=1S/C21H26FN3O3/c1-14-11-25(13-23-14)16-5-6-17(18(22)10-16)19(26)9-15-7-8-24(12-15)20(27)28-21(2,3)4/h5-6,10-11,13,15H,7-9,12H2,1-4H3/t15-/m0/s1. The zero-order valence-corrected chi connectivity index (χ0v) is 16.7. The van der Waals surface area contributed by atoms with Crippen LogP contribution in [0.1, 0.15) is 49.7 Å². The van der Waals surface area contributed by atoms with E-state index in [2.05, 4.69) is 4.98 Å². The Balaban J connectivity index is 1.62. The summed E-state index contributed by atoms with van der Waals surface area (Å²) in [5, 5.41) is 0. The van der Waals surface area contributed by atoms with E-state index in [1.807, 2.05) is 27.7 Å². The van der Waals surface area contributed by atoms with Crippen LogP contribution in [0.5, 0.6) is 0 Å². The van der Waals surface area contributed by atoms with Gasteiger partial charge in [-0.25, -0.2) is 14.2 Å². The predicted molar refractivity (Wildman–Crippen MR) is 103 cm³/mol. The zero-order chi connectivity index (χ0) is 20.5. The molecule has 1 aromatic heterocycles. The van der Waals surface area contributed by atoms with Crippen LogP contribution in [0.15, 0.2) is 30.7 Å². The Kier molecular flexibility index (Phi) is 5.54. The van der Waals surface area contributed by atoms with Crippen molar-refractivity contribution < 1.29 is 18.7 Å². The van der Waals surface area contributed by atoms with Crippen molar-refractivity contribution in [1.82, 2.24) is 14.5 Å². The first-order valence-electron chi connectivity index (χ1n) is 9.44. The lowest BCUT2D eigenvalue weighted by molar-refractivity contribution is 0.0286. The van der Waals surface area contributed by atoms with E-state index >= 15 is 0 Å². The summed E-state index contributed by atoms with van der Waals surface area (Å²) in [4.78, 5) is 30.5. The molecule has 0 unspecified atom stereocenters. The number of ether oxygens (including phenoxy) is 1. The minimum absolute atomic E-state index is 0.00962. The average Bonchev–Trinajstić information content (AvgIpc) is 3.22. The molecule has 0 saturated carbocycles. The number of Topliss-reactive ketones (excluding diaryl/α,β-unsaturated/α-hetero) is 1. The van der Waals surface area contributed by atoms with E-state index in [0.717, 1.165) is 5.69 Å². The predicted octanol–water partition coefficient (Wildman–Crippen LogP) is 4.15. The van der Waals surface area contributed by atoms with Gasteiger partial charge in [0.2, 0.25) is 0 Å². The largest absolute Gasteiger partial charge is 0.444 e. The van der Waals surface area contributed by atoms with Crippen LogP contribution < -0.4 is 0 Å². The minimum atomic E-state index is -0.552. The van der Waals surface area contributed by atoms with Gasteiger partial charge in [0.15, 0.2) is 5.78 Å². The normalized spacial score (nSPS) is 17.0. The number of nitrogens with zero attached hydrogens (tertiary/aromatic N) is 3. The summed E-state index contributed by atoms with van der Waals surface area (Å²) >= 11 is 0. The van der Waals surface area contributed by atoms with Crippen molar-refractivity contribution in [3.05, 3.63) is 47.8 Å². The van der Waals surface area contributed by atoms with Gasteiger partial charge in [0.25, 0.3) is 0 Å². The third kappa shape index (κ3) is 4.77. The number of amides is 1. The number of rotatable bonds is 4. The summed E-state index contributed by atoms with van der Waals surface area (Å²) in [6, 6.07) is 4.57. The van der Waals surface area contributed by atoms with Crippen molar-refractivity contribution in [1.29, 1.82) is 0 Å².